The molecule has 18 heavy (non-hydrogen) atoms. The molecule has 0 aliphatic carbocycles. The molecular formula is C12H26N4O2. The molecule has 0 fully saturated rings. The van der Waals surface area contributed by atoms with Gasteiger partial charge in [0.1, 0.15) is 0 Å². The Bertz CT molecular complexity index is 224. The lowest BCUT2D eigenvalue weighted by molar-refractivity contribution is -0.140. The van der Waals surface area contributed by atoms with Gasteiger partial charge in [-0.05, 0) is 25.7 Å². The minimum atomic E-state index is -0.680. The molecule has 0 unspecified atom stereocenters. The van der Waals surface area contributed by atoms with Crippen LogP contribution in [0.15, 0.2) is 0 Å². The van der Waals surface area contributed by atoms with Gasteiger partial charge in [-0.3, -0.25) is 20.4 Å². The summed E-state index contributed by atoms with van der Waals surface area (Å²) in [6.07, 6.45) is 3.57. The van der Waals surface area contributed by atoms with Gasteiger partial charge in [-0.2, -0.15) is 0 Å². The Labute approximate surface area is 109 Å². The van der Waals surface area contributed by atoms with E-state index in [4.69, 9.17) is 0 Å². The average Bonchev–Trinajstić information content (AvgIpc) is 2.40. The molecule has 0 heterocycles. The molecule has 6 heteroatoms. The number of amides is 2. The summed E-state index contributed by atoms with van der Waals surface area (Å²) < 4.78 is 0. The van der Waals surface area contributed by atoms with Crippen LogP contribution in [0.3, 0.4) is 0 Å². The molecule has 106 valence electrons. The van der Waals surface area contributed by atoms with Gasteiger partial charge in [-0.15, -0.1) is 0 Å². The van der Waals surface area contributed by atoms with Gasteiger partial charge in [0.15, 0.2) is 0 Å². The molecule has 0 aromatic rings. The van der Waals surface area contributed by atoms with Crippen molar-refractivity contribution in [2.45, 2.75) is 65.5 Å². The molecule has 0 saturated carbocycles. The van der Waals surface area contributed by atoms with Crippen molar-refractivity contribution >= 4 is 11.8 Å². The molecule has 6 nitrogen and oxygen atoms in total. The topological polar surface area (TPSA) is 82.3 Å². The first-order chi connectivity index (χ1) is 8.58. The van der Waals surface area contributed by atoms with Crippen molar-refractivity contribution in [1.82, 2.24) is 21.7 Å². The van der Waals surface area contributed by atoms with E-state index in [2.05, 4.69) is 21.7 Å². The Morgan fingerprint density at radius 1 is 0.722 bits per heavy atom. The third-order valence-electron chi connectivity index (χ3n) is 2.96. The first-order valence-corrected chi connectivity index (χ1v) is 6.70. The molecule has 0 atom stereocenters. The summed E-state index contributed by atoms with van der Waals surface area (Å²) in [7, 11) is 0. The molecule has 0 radical (unpaired) electrons. The molecule has 2 amide bonds. The molecule has 0 bridgehead atoms. The molecule has 0 saturated heterocycles. The van der Waals surface area contributed by atoms with E-state index in [1.807, 2.05) is 27.7 Å². The Balaban J connectivity index is 3.92. The quantitative estimate of drug-likeness (QED) is 0.380. The Morgan fingerprint density at radius 2 is 1.00 bits per heavy atom. The summed E-state index contributed by atoms with van der Waals surface area (Å²) in [5.74, 6) is -1.36. The fourth-order valence-corrected chi connectivity index (χ4v) is 1.43. The maximum Gasteiger partial charge on any atom is 0.324 e. The number of carbonyl (C=O) groups excluding carboxylic acids is 2. The van der Waals surface area contributed by atoms with Crippen molar-refractivity contribution in [2.75, 3.05) is 0 Å². The highest BCUT2D eigenvalue weighted by Gasteiger charge is 2.15. The number of nitrogens with one attached hydrogen (secondary N) is 4. The zero-order valence-electron chi connectivity index (χ0n) is 11.8. The largest absolute Gasteiger partial charge is 0.324 e. The SMILES string of the molecule is CCC(CC)NNC(=O)C(=O)NNC(CC)CC. The van der Waals surface area contributed by atoms with Gasteiger partial charge < -0.3 is 0 Å². The van der Waals surface area contributed by atoms with Crippen molar-refractivity contribution in [3.63, 3.8) is 0 Å². The van der Waals surface area contributed by atoms with Gasteiger partial charge in [0.05, 0.1) is 0 Å². The number of hydrazine groups is 2. The van der Waals surface area contributed by atoms with Crippen LogP contribution in [-0.4, -0.2) is 23.9 Å². The highest BCUT2D eigenvalue weighted by Crippen LogP contribution is 1.94. The van der Waals surface area contributed by atoms with E-state index < -0.39 is 11.8 Å². The number of carbonyl (C=O) groups is 2. The second kappa shape index (κ2) is 9.85. The zero-order chi connectivity index (χ0) is 14.0. The van der Waals surface area contributed by atoms with E-state index in [0.29, 0.717) is 0 Å². The van der Waals surface area contributed by atoms with Crippen LogP contribution < -0.4 is 21.7 Å². The van der Waals surface area contributed by atoms with Crippen LogP contribution in [0.4, 0.5) is 0 Å². The van der Waals surface area contributed by atoms with E-state index in [9.17, 15) is 9.59 Å². The van der Waals surface area contributed by atoms with Crippen molar-refractivity contribution in [2.24, 2.45) is 0 Å². The summed E-state index contributed by atoms with van der Waals surface area (Å²) in [4.78, 5) is 22.9. The maximum absolute atomic E-state index is 11.4. The third-order valence-corrected chi connectivity index (χ3v) is 2.96. The van der Waals surface area contributed by atoms with E-state index in [1.165, 1.54) is 0 Å². The molecule has 0 aromatic heterocycles. The summed E-state index contributed by atoms with van der Waals surface area (Å²) in [5, 5.41) is 0. The normalized spacial score (nSPS) is 10.8. The van der Waals surface area contributed by atoms with E-state index in [-0.39, 0.29) is 12.1 Å². The number of hydrogen-bond acceptors (Lipinski definition) is 4. The molecule has 0 aromatic carbocycles. The predicted octanol–water partition coefficient (Wildman–Crippen LogP) is 0.605. The van der Waals surface area contributed by atoms with Crippen molar-refractivity contribution in [3.8, 4) is 0 Å². The fraction of sp³-hybridized carbons (Fsp3) is 0.833. The Morgan fingerprint density at radius 3 is 1.22 bits per heavy atom. The van der Waals surface area contributed by atoms with Crippen molar-refractivity contribution < 1.29 is 9.59 Å². The van der Waals surface area contributed by atoms with Crippen LogP contribution in [0, 0.1) is 0 Å². The fourth-order valence-electron chi connectivity index (χ4n) is 1.43. The molecule has 4 N–H and O–H groups in total. The second-order valence-corrected chi connectivity index (χ2v) is 4.22. The van der Waals surface area contributed by atoms with Crippen molar-refractivity contribution in [3.05, 3.63) is 0 Å². The zero-order valence-corrected chi connectivity index (χ0v) is 11.8. The smallest absolute Gasteiger partial charge is 0.283 e. The standard InChI is InChI=1S/C12H26N4O2/c1-5-9(6-2)13-15-11(17)12(18)16-14-10(7-3)8-4/h9-10,13-14H,5-8H2,1-4H3,(H,15,17)(H,16,18). The van der Waals surface area contributed by atoms with Crippen molar-refractivity contribution in [1.29, 1.82) is 0 Å². The van der Waals surface area contributed by atoms with Crippen LogP contribution in [0.1, 0.15) is 53.4 Å². The highest BCUT2D eigenvalue weighted by molar-refractivity contribution is 6.34. The van der Waals surface area contributed by atoms with E-state index >= 15 is 0 Å². The van der Waals surface area contributed by atoms with Gasteiger partial charge in [0, 0.05) is 12.1 Å². The van der Waals surface area contributed by atoms with Gasteiger partial charge >= 0.3 is 11.8 Å². The Hall–Kier alpha value is -1.14. The molecular weight excluding hydrogens is 232 g/mol. The van der Waals surface area contributed by atoms with Crippen LogP contribution in [0.2, 0.25) is 0 Å². The summed E-state index contributed by atoms with van der Waals surface area (Å²) >= 11 is 0. The van der Waals surface area contributed by atoms with Gasteiger partial charge in [-0.1, -0.05) is 27.7 Å². The minimum absolute atomic E-state index is 0.189. The first-order valence-electron chi connectivity index (χ1n) is 6.70. The van der Waals surface area contributed by atoms with Crippen LogP contribution in [0.25, 0.3) is 0 Å². The van der Waals surface area contributed by atoms with Crippen LogP contribution in [-0.2, 0) is 9.59 Å². The van der Waals surface area contributed by atoms with E-state index in [1.54, 1.807) is 0 Å². The molecule has 0 rings (SSSR count). The lowest BCUT2D eigenvalue weighted by Gasteiger charge is -2.17. The van der Waals surface area contributed by atoms with Crippen LogP contribution >= 0.6 is 0 Å². The number of hydrogen-bond donors (Lipinski definition) is 4. The van der Waals surface area contributed by atoms with Crippen LogP contribution in [0.5, 0.6) is 0 Å². The summed E-state index contributed by atoms with van der Waals surface area (Å²) in [6.45, 7) is 8.06. The predicted molar refractivity (Wildman–Crippen MR) is 71.3 cm³/mol. The average molecular weight is 258 g/mol. The molecule has 0 aliphatic rings. The highest BCUT2D eigenvalue weighted by atomic mass is 16.2. The lowest BCUT2D eigenvalue weighted by Crippen LogP contribution is -2.54. The minimum Gasteiger partial charge on any atom is -0.283 e. The summed E-state index contributed by atoms with van der Waals surface area (Å²) in [6, 6.07) is 0.377. The lowest BCUT2D eigenvalue weighted by atomic mass is 10.2. The monoisotopic (exact) mass is 258 g/mol. The van der Waals surface area contributed by atoms with E-state index in [0.717, 1.165) is 25.7 Å². The maximum atomic E-state index is 11.4. The van der Waals surface area contributed by atoms with Gasteiger partial charge in [0.25, 0.3) is 0 Å². The molecule has 0 spiro atoms. The Kier molecular flexibility index (Phi) is 9.22. The van der Waals surface area contributed by atoms with Gasteiger partial charge in [-0.25, -0.2) is 10.9 Å². The third kappa shape index (κ3) is 6.56. The van der Waals surface area contributed by atoms with Gasteiger partial charge in [0.2, 0.25) is 0 Å². The molecule has 0 aliphatic heterocycles. The summed E-state index contributed by atoms with van der Waals surface area (Å²) in [5.41, 5.74) is 10.5. The first kappa shape index (κ1) is 16.9. The number of rotatable bonds is 8. The second-order valence-electron chi connectivity index (χ2n) is 4.22.